The average molecular weight is 228 g/mol. The molecule has 88 valence electrons. The molecule has 0 aliphatic heterocycles. The number of hydrogen-bond acceptors (Lipinski definition) is 2. The summed E-state index contributed by atoms with van der Waals surface area (Å²) in [5.74, 6) is -0.362. The molecule has 17 heavy (non-hydrogen) atoms. The van der Waals surface area contributed by atoms with E-state index in [2.05, 4.69) is 0 Å². The molecule has 1 aliphatic rings. The molecular formula is C14H16N2O. The van der Waals surface area contributed by atoms with Crippen molar-refractivity contribution in [1.29, 1.82) is 0 Å². The number of primary amides is 1. The van der Waals surface area contributed by atoms with Crippen molar-refractivity contribution in [2.24, 2.45) is 16.9 Å². The second-order valence-electron chi connectivity index (χ2n) is 4.23. The van der Waals surface area contributed by atoms with Crippen LogP contribution in [0.15, 0.2) is 48.6 Å². The molecule has 1 aromatic rings. The van der Waals surface area contributed by atoms with Gasteiger partial charge in [-0.2, -0.15) is 0 Å². The molecule has 0 spiro atoms. The van der Waals surface area contributed by atoms with E-state index in [0.29, 0.717) is 6.42 Å². The maximum atomic E-state index is 11.8. The van der Waals surface area contributed by atoms with Crippen molar-refractivity contribution in [3.8, 4) is 0 Å². The van der Waals surface area contributed by atoms with E-state index in [1.807, 2.05) is 48.6 Å². The summed E-state index contributed by atoms with van der Waals surface area (Å²) in [4.78, 5) is 11.8. The Morgan fingerprint density at radius 2 is 2.00 bits per heavy atom. The first-order valence-corrected chi connectivity index (χ1v) is 5.63. The second-order valence-corrected chi connectivity index (χ2v) is 4.23. The van der Waals surface area contributed by atoms with E-state index in [9.17, 15) is 4.79 Å². The minimum atomic E-state index is -0.768. The summed E-state index contributed by atoms with van der Waals surface area (Å²) in [5, 5.41) is 0. The lowest BCUT2D eigenvalue weighted by molar-refractivity contribution is -0.124. The largest absolute Gasteiger partial charge is 0.369 e. The standard InChI is InChI=1S/C14H16N2O/c15-10-14(13(16)17)9-5-4-8-12(14)11-6-2-1-3-7-11/h1-8H,9-10,15H2,(H2,16,17). The normalized spacial score (nSPS) is 23.2. The van der Waals surface area contributed by atoms with Crippen LogP contribution in [0.1, 0.15) is 12.0 Å². The molecular weight excluding hydrogens is 212 g/mol. The van der Waals surface area contributed by atoms with Crippen LogP contribution in [0.2, 0.25) is 0 Å². The Kier molecular flexibility index (Phi) is 3.11. The number of benzene rings is 1. The zero-order valence-electron chi connectivity index (χ0n) is 9.60. The van der Waals surface area contributed by atoms with Gasteiger partial charge in [0.25, 0.3) is 0 Å². The first-order valence-electron chi connectivity index (χ1n) is 5.63. The van der Waals surface area contributed by atoms with Crippen LogP contribution in [0, 0.1) is 5.41 Å². The average Bonchev–Trinajstić information content (AvgIpc) is 2.39. The van der Waals surface area contributed by atoms with Crippen LogP contribution in [-0.4, -0.2) is 12.5 Å². The smallest absolute Gasteiger partial charge is 0.229 e. The Bertz CT molecular complexity index is 476. The first kappa shape index (κ1) is 11.6. The number of nitrogens with two attached hydrogens (primary N) is 2. The van der Waals surface area contributed by atoms with Gasteiger partial charge in [0.1, 0.15) is 0 Å². The van der Waals surface area contributed by atoms with Crippen molar-refractivity contribution in [1.82, 2.24) is 0 Å². The molecule has 4 N–H and O–H groups in total. The highest BCUT2D eigenvalue weighted by atomic mass is 16.1. The van der Waals surface area contributed by atoms with E-state index in [-0.39, 0.29) is 12.5 Å². The zero-order chi connectivity index (χ0) is 12.3. The highest BCUT2D eigenvalue weighted by molar-refractivity contribution is 5.97. The molecule has 0 saturated carbocycles. The third kappa shape index (κ3) is 1.89. The van der Waals surface area contributed by atoms with E-state index < -0.39 is 5.41 Å². The van der Waals surface area contributed by atoms with Gasteiger partial charge in [-0.05, 0) is 17.6 Å². The third-order valence-electron chi connectivity index (χ3n) is 3.29. The summed E-state index contributed by atoms with van der Waals surface area (Å²) >= 11 is 0. The lowest BCUT2D eigenvalue weighted by Gasteiger charge is -2.33. The fourth-order valence-corrected chi connectivity index (χ4v) is 2.22. The maximum absolute atomic E-state index is 11.8. The van der Waals surface area contributed by atoms with Crippen LogP contribution in [0.4, 0.5) is 0 Å². The molecule has 3 heteroatoms. The number of amides is 1. The van der Waals surface area contributed by atoms with Gasteiger partial charge in [-0.1, -0.05) is 48.6 Å². The molecule has 0 bridgehead atoms. The van der Waals surface area contributed by atoms with Crippen LogP contribution in [0.5, 0.6) is 0 Å². The predicted octanol–water partition coefficient (Wildman–Crippen LogP) is 1.46. The Hall–Kier alpha value is -1.87. The van der Waals surface area contributed by atoms with Gasteiger partial charge in [-0.3, -0.25) is 4.79 Å². The van der Waals surface area contributed by atoms with Gasteiger partial charge in [0, 0.05) is 6.54 Å². The number of hydrogen-bond donors (Lipinski definition) is 2. The number of carbonyl (C=O) groups excluding carboxylic acids is 1. The number of rotatable bonds is 3. The van der Waals surface area contributed by atoms with Crippen molar-refractivity contribution in [2.45, 2.75) is 6.42 Å². The van der Waals surface area contributed by atoms with E-state index >= 15 is 0 Å². The summed E-state index contributed by atoms with van der Waals surface area (Å²) in [6.07, 6.45) is 6.37. The van der Waals surface area contributed by atoms with Crippen molar-refractivity contribution in [2.75, 3.05) is 6.54 Å². The van der Waals surface area contributed by atoms with Crippen LogP contribution in [0.3, 0.4) is 0 Å². The lowest BCUT2D eigenvalue weighted by Crippen LogP contribution is -2.44. The molecule has 2 rings (SSSR count). The minimum Gasteiger partial charge on any atom is -0.369 e. The molecule has 0 heterocycles. The maximum Gasteiger partial charge on any atom is 0.229 e. The van der Waals surface area contributed by atoms with Gasteiger partial charge >= 0.3 is 0 Å². The zero-order valence-corrected chi connectivity index (χ0v) is 9.60. The lowest BCUT2D eigenvalue weighted by atomic mass is 9.71. The monoisotopic (exact) mass is 228 g/mol. The van der Waals surface area contributed by atoms with Crippen molar-refractivity contribution < 1.29 is 4.79 Å². The summed E-state index contributed by atoms with van der Waals surface area (Å²) < 4.78 is 0. The van der Waals surface area contributed by atoms with E-state index in [1.54, 1.807) is 0 Å². The first-order chi connectivity index (χ1) is 8.20. The van der Waals surface area contributed by atoms with Crippen LogP contribution < -0.4 is 11.5 Å². The summed E-state index contributed by atoms with van der Waals surface area (Å²) in [6, 6.07) is 9.77. The third-order valence-corrected chi connectivity index (χ3v) is 3.29. The molecule has 0 radical (unpaired) electrons. The number of carbonyl (C=O) groups is 1. The van der Waals surface area contributed by atoms with Crippen molar-refractivity contribution in [3.05, 3.63) is 54.1 Å². The molecule has 1 unspecified atom stereocenters. The molecule has 1 amide bonds. The van der Waals surface area contributed by atoms with Gasteiger partial charge in [0.2, 0.25) is 5.91 Å². The Morgan fingerprint density at radius 3 is 2.59 bits per heavy atom. The fourth-order valence-electron chi connectivity index (χ4n) is 2.22. The summed E-state index contributed by atoms with van der Waals surface area (Å²) in [6.45, 7) is 0.230. The van der Waals surface area contributed by atoms with Gasteiger partial charge in [0.15, 0.2) is 0 Å². The topological polar surface area (TPSA) is 69.1 Å². The van der Waals surface area contributed by atoms with E-state index in [4.69, 9.17) is 11.5 Å². The minimum absolute atomic E-state index is 0.230. The summed E-state index contributed by atoms with van der Waals surface area (Å²) in [5.41, 5.74) is 12.5. The van der Waals surface area contributed by atoms with Gasteiger partial charge in [-0.15, -0.1) is 0 Å². The van der Waals surface area contributed by atoms with Crippen LogP contribution in [-0.2, 0) is 4.79 Å². The molecule has 1 aliphatic carbocycles. The second kappa shape index (κ2) is 4.55. The van der Waals surface area contributed by atoms with Gasteiger partial charge in [-0.25, -0.2) is 0 Å². The summed E-state index contributed by atoms with van der Waals surface area (Å²) in [7, 11) is 0. The molecule has 0 fully saturated rings. The molecule has 0 saturated heterocycles. The molecule has 1 atom stereocenters. The predicted molar refractivity (Wildman–Crippen MR) is 68.9 cm³/mol. The van der Waals surface area contributed by atoms with Gasteiger partial charge < -0.3 is 11.5 Å². The van der Waals surface area contributed by atoms with Crippen LogP contribution in [0.25, 0.3) is 5.57 Å². The van der Waals surface area contributed by atoms with E-state index in [0.717, 1.165) is 11.1 Å². The van der Waals surface area contributed by atoms with Crippen molar-refractivity contribution in [3.63, 3.8) is 0 Å². The SMILES string of the molecule is NCC1(C(N)=O)CC=CC=C1c1ccccc1. The molecule has 0 aromatic heterocycles. The van der Waals surface area contributed by atoms with Crippen LogP contribution >= 0.6 is 0 Å². The quantitative estimate of drug-likeness (QED) is 0.822. The highest BCUT2D eigenvalue weighted by Crippen LogP contribution is 2.40. The highest BCUT2D eigenvalue weighted by Gasteiger charge is 2.39. The van der Waals surface area contributed by atoms with E-state index in [1.165, 1.54) is 0 Å². The van der Waals surface area contributed by atoms with Crippen molar-refractivity contribution >= 4 is 11.5 Å². The Labute approximate surface area is 101 Å². The molecule has 3 nitrogen and oxygen atoms in total. The van der Waals surface area contributed by atoms with Gasteiger partial charge in [0.05, 0.1) is 5.41 Å². The number of allylic oxidation sites excluding steroid dienone is 3. The Balaban J connectivity index is 2.52. The Morgan fingerprint density at radius 1 is 1.29 bits per heavy atom. The fraction of sp³-hybridized carbons (Fsp3) is 0.214. The molecule has 1 aromatic carbocycles.